The second-order valence-electron chi connectivity index (χ2n) is 9.12. The third kappa shape index (κ3) is 7.26. The van der Waals surface area contributed by atoms with E-state index in [2.05, 4.69) is 54.8 Å². The minimum absolute atomic E-state index is 0.145. The summed E-state index contributed by atoms with van der Waals surface area (Å²) in [4.78, 5) is 21.3. The van der Waals surface area contributed by atoms with Crippen LogP contribution in [0.3, 0.4) is 0 Å². The van der Waals surface area contributed by atoms with Crippen LogP contribution in [-0.4, -0.2) is 80.1 Å². The standard InChI is InChI=1S/C23H30BrF3N4O2S/c1-30-7-9-31(10-8-30)20-6-5-16(24)13-19(20)29-22(32)17-15-28-21(14-18(17)23(25,26)27)33-11-12-34(2,3)4/h5-6,13-15H,7-12H2,1-4H3,(H,29,32). The van der Waals surface area contributed by atoms with Crippen LogP contribution in [0.2, 0.25) is 0 Å². The second-order valence-corrected chi connectivity index (χ2v) is 14.6. The molecule has 1 aliphatic rings. The number of anilines is 2. The van der Waals surface area contributed by atoms with Crippen LogP contribution in [0.4, 0.5) is 24.5 Å². The Labute approximate surface area is 208 Å². The molecule has 188 valence electrons. The molecule has 1 aromatic carbocycles. The molecule has 11 heteroatoms. The van der Waals surface area contributed by atoms with Gasteiger partial charge in [0.2, 0.25) is 5.88 Å². The lowest BCUT2D eigenvalue weighted by Crippen LogP contribution is -2.44. The maximum Gasteiger partial charge on any atom is 0.417 e. The Hall–Kier alpha value is -1.98. The van der Waals surface area contributed by atoms with Crippen molar-refractivity contribution in [2.45, 2.75) is 6.18 Å². The summed E-state index contributed by atoms with van der Waals surface area (Å²) in [5.74, 6) is -0.289. The Morgan fingerprint density at radius 1 is 1.18 bits per heavy atom. The first-order valence-corrected chi connectivity index (χ1v) is 14.6. The van der Waals surface area contributed by atoms with Gasteiger partial charge >= 0.3 is 6.18 Å². The Morgan fingerprint density at radius 3 is 2.47 bits per heavy atom. The molecular weight excluding hydrogens is 533 g/mol. The van der Waals surface area contributed by atoms with Crippen LogP contribution >= 0.6 is 26.0 Å². The highest BCUT2D eigenvalue weighted by molar-refractivity contribution is 9.10. The molecule has 3 rings (SSSR count). The zero-order valence-electron chi connectivity index (χ0n) is 19.7. The molecule has 1 amide bonds. The zero-order chi connectivity index (χ0) is 25.1. The van der Waals surface area contributed by atoms with Crippen molar-refractivity contribution >= 4 is 43.2 Å². The summed E-state index contributed by atoms with van der Waals surface area (Å²) in [5.41, 5.74) is -0.429. The summed E-state index contributed by atoms with van der Waals surface area (Å²) < 4.78 is 47.7. The van der Waals surface area contributed by atoms with E-state index in [9.17, 15) is 18.0 Å². The first-order chi connectivity index (χ1) is 15.8. The molecule has 0 saturated carbocycles. The predicted molar refractivity (Wildman–Crippen MR) is 137 cm³/mol. The first kappa shape index (κ1) is 26.6. The van der Waals surface area contributed by atoms with Gasteiger partial charge in [-0.2, -0.15) is 13.2 Å². The molecule has 1 N–H and O–H groups in total. The average Bonchev–Trinajstić information content (AvgIpc) is 2.73. The highest BCUT2D eigenvalue weighted by Gasteiger charge is 2.36. The summed E-state index contributed by atoms with van der Waals surface area (Å²) in [5, 5.41) is 2.67. The Bertz CT molecular complexity index is 1020. The largest absolute Gasteiger partial charge is 0.477 e. The number of pyridine rings is 1. The van der Waals surface area contributed by atoms with E-state index in [0.29, 0.717) is 10.2 Å². The number of aromatic nitrogens is 1. The average molecular weight is 563 g/mol. The normalized spacial score (nSPS) is 15.8. The zero-order valence-corrected chi connectivity index (χ0v) is 22.1. The van der Waals surface area contributed by atoms with Gasteiger partial charge in [-0.1, -0.05) is 15.9 Å². The molecule has 0 atom stereocenters. The van der Waals surface area contributed by atoms with Gasteiger partial charge in [-0.3, -0.25) is 4.79 Å². The highest BCUT2D eigenvalue weighted by atomic mass is 79.9. The fraction of sp³-hybridized carbons (Fsp3) is 0.478. The predicted octanol–water partition coefficient (Wildman–Crippen LogP) is 4.94. The van der Waals surface area contributed by atoms with Gasteiger partial charge in [0.25, 0.3) is 5.91 Å². The number of carbonyl (C=O) groups is 1. The van der Waals surface area contributed by atoms with E-state index in [1.807, 2.05) is 19.2 Å². The van der Waals surface area contributed by atoms with Crippen LogP contribution in [0.5, 0.6) is 5.88 Å². The van der Waals surface area contributed by atoms with Crippen LogP contribution in [0.1, 0.15) is 15.9 Å². The SMILES string of the molecule is CN1CCN(c2ccc(Br)cc2NC(=O)c2cnc(OCCS(C)(C)C)cc2C(F)(F)F)CC1. The molecule has 1 fully saturated rings. The molecule has 2 aromatic rings. The Morgan fingerprint density at radius 2 is 1.85 bits per heavy atom. The summed E-state index contributed by atoms with van der Waals surface area (Å²) in [6.45, 7) is 3.46. The lowest BCUT2D eigenvalue weighted by atomic mass is 10.1. The molecule has 6 nitrogen and oxygen atoms in total. The van der Waals surface area contributed by atoms with Gasteiger partial charge in [0.1, 0.15) is 0 Å². The van der Waals surface area contributed by atoms with E-state index in [1.54, 1.807) is 6.07 Å². The van der Waals surface area contributed by atoms with Crippen LogP contribution in [0.25, 0.3) is 0 Å². The Balaban J connectivity index is 1.85. The number of halogens is 4. The number of amides is 1. The molecule has 0 bridgehead atoms. The molecular formula is C23H30BrF3N4O2S. The van der Waals surface area contributed by atoms with E-state index in [1.165, 1.54) is 0 Å². The van der Waals surface area contributed by atoms with Crippen molar-refractivity contribution in [1.29, 1.82) is 0 Å². The van der Waals surface area contributed by atoms with Crippen molar-refractivity contribution in [2.24, 2.45) is 0 Å². The number of hydrogen-bond acceptors (Lipinski definition) is 5. The number of nitrogens with one attached hydrogen (secondary N) is 1. The van der Waals surface area contributed by atoms with Gasteiger partial charge in [-0.05, 0) is 44.0 Å². The van der Waals surface area contributed by atoms with Gasteiger partial charge < -0.3 is 19.9 Å². The molecule has 2 heterocycles. The topological polar surface area (TPSA) is 57.7 Å². The maximum absolute atomic E-state index is 13.8. The molecule has 1 aromatic heterocycles. The first-order valence-electron chi connectivity index (χ1n) is 10.7. The van der Waals surface area contributed by atoms with Crippen molar-refractivity contribution in [3.63, 3.8) is 0 Å². The van der Waals surface area contributed by atoms with Gasteiger partial charge in [-0.25, -0.2) is 15.0 Å². The van der Waals surface area contributed by atoms with Crippen molar-refractivity contribution < 1.29 is 22.7 Å². The minimum Gasteiger partial charge on any atom is -0.477 e. The summed E-state index contributed by atoms with van der Waals surface area (Å²) >= 11 is 3.38. The lowest BCUT2D eigenvalue weighted by molar-refractivity contribution is -0.138. The lowest BCUT2D eigenvalue weighted by Gasteiger charge is -2.35. The van der Waals surface area contributed by atoms with Gasteiger partial charge in [0.05, 0.1) is 29.1 Å². The summed E-state index contributed by atoms with van der Waals surface area (Å²) in [6, 6.07) is 6.19. The third-order valence-corrected chi connectivity index (χ3v) is 7.31. The number of alkyl halides is 3. The molecule has 0 radical (unpaired) electrons. The van der Waals surface area contributed by atoms with Crippen LogP contribution in [-0.2, 0) is 6.18 Å². The third-order valence-electron chi connectivity index (χ3n) is 5.43. The van der Waals surface area contributed by atoms with Gasteiger partial charge in [0, 0.05) is 48.7 Å². The molecule has 0 unspecified atom stereocenters. The van der Waals surface area contributed by atoms with Crippen LogP contribution in [0.15, 0.2) is 34.9 Å². The van der Waals surface area contributed by atoms with E-state index in [-0.39, 0.29) is 12.5 Å². The molecule has 1 aliphatic heterocycles. The molecule has 1 saturated heterocycles. The monoisotopic (exact) mass is 562 g/mol. The van der Waals surface area contributed by atoms with Gasteiger partial charge in [-0.15, -0.1) is 0 Å². The summed E-state index contributed by atoms with van der Waals surface area (Å²) in [6.07, 6.45) is 2.48. The molecule has 0 aliphatic carbocycles. The number of benzene rings is 1. The second kappa shape index (κ2) is 10.7. The van der Waals surface area contributed by atoms with Crippen molar-refractivity contribution in [3.05, 3.63) is 46.1 Å². The van der Waals surface area contributed by atoms with Crippen molar-refractivity contribution in [1.82, 2.24) is 9.88 Å². The van der Waals surface area contributed by atoms with Crippen molar-refractivity contribution in [2.75, 3.05) is 74.6 Å². The fourth-order valence-corrected chi connectivity index (χ4v) is 4.39. The van der Waals surface area contributed by atoms with Crippen LogP contribution < -0.4 is 15.0 Å². The van der Waals surface area contributed by atoms with Gasteiger partial charge in [0.15, 0.2) is 0 Å². The van der Waals surface area contributed by atoms with E-state index < -0.39 is 33.2 Å². The van der Waals surface area contributed by atoms with E-state index in [4.69, 9.17) is 4.74 Å². The molecule has 34 heavy (non-hydrogen) atoms. The highest BCUT2D eigenvalue weighted by Crippen LogP contribution is 2.36. The number of rotatable bonds is 7. The number of hydrogen-bond donors (Lipinski definition) is 1. The van der Waals surface area contributed by atoms with Crippen molar-refractivity contribution in [3.8, 4) is 5.88 Å². The van der Waals surface area contributed by atoms with Crippen LogP contribution in [0, 0.1) is 0 Å². The number of ether oxygens (including phenoxy) is 1. The van der Waals surface area contributed by atoms with E-state index in [0.717, 1.165) is 49.9 Å². The number of nitrogens with zero attached hydrogens (tertiary/aromatic N) is 3. The maximum atomic E-state index is 13.8. The number of likely N-dealkylation sites (N-methyl/N-ethyl adjacent to an activating group) is 1. The number of piperazine rings is 1. The smallest absolute Gasteiger partial charge is 0.417 e. The van der Waals surface area contributed by atoms with E-state index >= 15 is 0 Å². The number of carbonyl (C=O) groups excluding carboxylic acids is 1. The Kier molecular flexibility index (Phi) is 8.41. The minimum atomic E-state index is -4.74. The summed E-state index contributed by atoms with van der Waals surface area (Å²) in [7, 11) is 1.17. The molecule has 0 spiro atoms. The fourth-order valence-electron chi connectivity index (χ4n) is 3.45. The quantitative estimate of drug-likeness (QED) is 0.518.